The number of nitrogens with two attached hydrogens (primary N) is 1. The Morgan fingerprint density at radius 1 is 1.40 bits per heavy atom. The molecule has 2 heterocycles. The molecular formula is C8H9N5S2. The monoisotopic (exact) mass is 239 g/mol. The van der Waals surface area contributed by atoms with E-state index < -0.39 is 0 Å². The molecule has 0 saturated heterocycles. The molecule has 0 aliphatic carbocycles. The SMILES string of the molecule is CCc1nsc(Sc2nccnc2N)n1. The number of hydrogen-bond acceptors (Lipinski definition) is 7. The van der Waals surface area contributed by atoms with Crippen LogP contribution in [0.5, 0.6) is 0 Å². The van der Waals surface area contributed by atoms with Gasteiger partial charge >= 0.3 is 0 Å². The summed E-state index contributed by atoms with van der Waals surface area (Å²) in [7, 11) is 0. The van der Waals surface area contributed by atoms with Gasteiger partial charge < -0.3 is 5.73 Å². The summed E-state index contributed by atoms with van der Waals surface area (Å²) in [5.74, 6) is 1.28. The predicted molar refractivity (Wildman–Crippen MR) is 59.9 cm³/mol. The Hall–Kier alpha value is -1.21. The Labute approximate surface area is 95.3 Å². The molecule has 0 spiro atoms. The molecule has 5 nitrogen and oxygen atoms in total. The lowest BCUT2D eigenvalue weighted by Gasteiger charge is -1.98. The highest BCUT2D eigenvalue weighted by atomic mass is 32.2. The lowest BCUT2D eigenvalue weighted by Crippen LogP contribution is -1.94. The summed E-state index contributed by atoms with van der Waals surface area (Å²) in [6, 6.07) is 0. The fraction of sp³-hybridized carbons (Fsp3) is 0.250. The first-order valence-electron chi connectivity index (χ1n) is 4.36. The zero-order valence-corrected chi connectivity index (χ0v) is 9.68. The van der Waals surface area contributed by atoms with Gasteiger partial charge in [-0.25, -0.2) is 15.0 Å². The molecule has 0 radical (unpaired) electrons. The molecule has 0 aliphatic rings. The number of nitrogens with zero attached hydrogens (tertiary/aromatic N) is 4. The van der Waals surface area contributed by atoms with Gasteiger partial charge in [0, 0.05) is 18.8 Å². The number of nitrogen functional groups attached to an aromatic ring is 1. The summed E-state index contributed by atoms with van der Waals surface area (Å²) in [5.41, 5.74) is 5.67. The van der Waals surface area contributed by atoms with Crippen molar-refractivity contribution in [1.82, 2.24) is 19.3 Å². The number of aryl methyl sites for hydroxylation is 1. The fourth-order valence-corrected chi connectivity index (χ4v) is 2.50. The highest BCUT2D eigenvalue weighted by Crippen LogP contribution is 2.29. The van der Waals surface area contributed by atoms with Gasteiger partial charge in [-0.3, -0.25) is 0 Å². The Bertz CT molecular complexity index is 456. The molecule has 0 amide bonds. The van der Waals surface area contributed by atoms with Crippen LogP contribution in [0.25, 0.3) is 0 Å². The third-order valence-corrected chi connectivity index (χ3v) is 3.44. The lowest BCUT2D eigenvalue weighted by atomic mass is 10.5. The minimum absolute atomic E-state index is 0.427. The van der Waals surface area contributed by atoms with E-state index in [1.54, 1.807) is 12.4 Å². The van der Waals surface area contributed by atoms with Crippen LogP contribution in [0.15, 0.2) is 21.8 Å². The highest BCUT2D eigenvalue weighted by molar-refractivity contribution is 8.01. The predicted octanol–water partition coefficient (Wildman–Crippen LogP) is 1.62. The van der Waals surface area contributed by atoms with E-state index in [4.69, 9.17) is 5.73 Å². The minimum atomic E-state index is 0.427. The van der Waals surface area contributed by atoms with E-state index >= 15 is 0 Å². The molecule has 15 heavy (non-hydrogen) atoms. The Balaban J connectivity index is 2.18. The molecule has 7 heteroatoms. The largest absolute Gasteiger partial charge is 0.381 e. The van der Waals surface area contributed by atoms with Gasteiger partial charge in [0.2, 0.25) is 0 Å². The van der Waals surface area contributed by atoms with Crippen LogP contribution in [0, 0.1) is 0 Å². The average molecular weight is 239 g/mol. The summed E-state index contributed by atoms with van der Waals surface area (Å²) in [5, 5.41) is 0.677. The molecule has 0 aliphatic heterocycles. The highest BCUT2D eigenvalue weighted by Gasteiger charge is 2.08. The van der Waals surface area contributed by atoms with Crippen molar-refractivity contribution >= 4 is 29.1 Å². The third kappa shape index (κ3) is 2.42. The van der Waals surface area contributed by atoms with E-state index in [2.05, 4.69) is 19.3 Å². The first-order chi connectivity index (χ1) is 7.29. The molecular weight excluding hydrogens is 230 g/mol. The molecule has 2 N–H and O–H groups in total. The third-order valence-electron chi connectivity index (χ3n) is 1.64. The standard InChI is InChI=1S/C8H9N5S2/c1-2-5-12-8(15-13-5)14-7-6(9)10-3-4-11-7/h3-4H,2H2,1H3,(H2,9,10). The van der Waals surface area contributed by atoms with Crippen molar-refractivity contribution in [1.29, 1.82) is 0 Å². The summed E-state index contributed by atoms with van der Waals surface area (Å²) in [6.45, 7) is 2.02. The van der Waals surface area contributed by atoms with Crippen molar-refractivity contribution in [3.8, 4) is 0 Å². The van der Waals surface area contributed by atoms with Crippen molar-refractivity contribution in [2.75, 3.05) is 5.73 Å². The van der Waals surface area contributed by atoms with Gasteiger partial charge in [-0.1, -0.05) is 6.92 Å². The molecule has 0 fully saturated rings. The molecule has 2 aromatic heterocycles. The van der Waals surface area contributed by atoms with Crippen molar-refractivity contribution in [2.24, 2.45) is 0 Å². The van der Waals surface area contributed by atoms with E-state index in [-0.39, 0.29) is 0 Å². The van der Waals surface area contributed by atoms with E-state index in [9.17, 15) is 0 Å². The molecule has 0 aromatic carbocycles. The second kappa shape index (κ2) is 4.54. The Morgan fingerprint density at radius 2 is 2.20 bits per heavy atom. The smallest absolute Gasteiger partial charge is 0.176 e. The van der Waals surface area contributed by atoms with Gasteiger partial charge in [0.15, 0.2) is 10.2 Å². The maximum atomic E-state index is 5.67. The van der Waals surface area contributed by atoms with Crippen LogP contribution in [0.1, 0.15) is 12.7 Å². The number of anilines is 1. The van der Waals surface area contributed by atoms with Crippen molar-refractivity contribution < 1.29 is 0 Å². The van der Waals surface area contributed by atoms with E-state index in [1.165, 1.54) is 23.3 Å². The van der Waals surface area contributed by atoms with Crippen molar-refractivity contribution in [2.45, 2.75) is 22.7 Å². The second-order valence-electron chi connectivity index (χ2n) is 2.68. The Kier molecular flexibility index (Phi) is 3.12. The van der Waals surface area contributed by atoms with Crippen LogP contribution in [0.2, 0.25) is 0 Å². The van der Waals surface area contributed by atoms with Crippen LogP contribution in [-0.4, -0.2) is 19.3 Å². The van der Waals surface area contributed by atoms with Gasteiger partial charge in [-0.2, -0.15) is 4.37 Å². The van der Waals surface area contributed by atoms with Gasteiger partial charge in [0.25, 0.3) is 0 Å². The van der Waals surface area contributed by atoms with Crippen LogP contribution in [-0.2, 0) is 6.42 Å². The first-order valence-corrected chi connectivity index (χ1v) is 5.95. The zero-order chi connectivity index (χ0) is 10.7. The van der Waals surface area contributed by atoms with Crippen molar-refractivity contribution in [3.05, 3.63) is 18.2 Å². The molecule has 78 valence electrons. The average Bonchev–Trinajstić information content (AvgIpc) is 2.69. The first kappa shape index (κ1) is 10.3. The van der Waals surface area contributed by atoms with Crippen LogP contribution >= 0.6 is 23.3 Å². The Morgan fingerprint density at radius 3 is 2.87 bits per heavy atom. The quantitative estimate of drug-likeness (QED) is 0.877. The van der Waals surface area contributed by atoms with Gasteiger partial charge in [0.1, 0.15) is 10.9 Å². The number of aromatic nitrogens is 4. The molecule has 0 atom stereocenters. The fourth-order valence-electron chi connectivity index (χ4n) is 0.920. The topological polar surface area (TPSA) is 77.6 Å². The second-order valence-corrected chi connectivity index (χ2v) is 4.67. The maximum Gasteiger partial charge on any atom is 0.176 e. The van der Waals surface area contributed by atoms with Crippen LogP contribution < -0.4 is 5.73 Å². The van der Waals surface area contributed by atoms with E-state index in [0.717, 1.165) is 16.6 Å². The molecule has 0 saturated carbocycles. The minimum Gasteiger partial charge on any atom is -0.381 e. The molecule has 2 rings (SSSR count). The van der Waals surface area contributed by atoms with E-state index in [1.807, 2.05) is 6.92 Å². The van der Waals surface area contributed by atoms with Crippen LogP contribution in [0.4, 0.5) is 5.82 Å². The maximum absolute atomic E-state index is 5.67. The normalized spacial score (nSPS) is 10.5. The summed E-state index contributed by atoms with van der Waals surface area (Å²) < 4.78 is 5.03. The van der Waals surface area contributed by atoms with Gasteiger partial charge in [-0.15, -0.1) is 0 Å². The summed E-state index contributed by atoms with van der Waals surface area (Å²) in [4.78, 5) is 12.4. The van der Waals surface area contributed by atoms with Crippen LogP contribution in [0.3, 0.4) is 0 Å². The molecule has 0 unspecified atom stereocenters. The summed E-state index contributed by atoms with van der Waals surface area (Å²) in [6.07, 6.45) is 4.02. The lowest BCUT2D eigenvalue weighted by molar-refractivity contribution is 0.969. The zero-order valence-electron chi connectivity index (χ0n) is 8.04. The summed E-state index contributed by atoms with van der Waals surface area (Å²) >= 11 is 2.75. The van der Waals surface area contributed by atoms with E-state index in [0.29, 0.717) is 10.8 Å². The number of hydrogen-bond donors (Lipinski definition) is 1. The molecule has 2 aromatic rings. The van der Waals surface area contributed by atoms with Gasteiger partial charge in [-0.05, 0) is 23.3 Å². The molecule has 0 bridgehead atoms. The van der Waals surface area contributed by atoms with Gasteiger partial charge in [0.05, 0.1) is 0 Å². The number of rotatable bonds is 3. The van der Waals surface area contributed by atoms with Crippen molar-refractivity contribution in [3.63, 3.8) is 0 Å².